The number of hydrogen-bond acceptors (Lipinski definition) is 7. The lowest BCUT2D eigenvalue weighted by Crippen LogP contribution is -2.36. The average molecular weight is 344 g/mol. The van der Waals surface area contributed by atoms with Crippen LogP contribution < -0.4 is 10.1 Å². The summed E-state index contributed by atoms with van der Waals surface area (Å²) in [6, 6.07) is 0. The summed E-state index contributed by atoms with van der Waals surface area (Å²) >= 11 is 0. The van der Waals surface area contributed by atoms with Gasteiger partial charge in [0.25, 0.3) is 0 Å². The molecule has 0 amide bonds. The van der Waals surface area contributed by atoms with Gasteiger partial charge in [0.15, 0.2) is 0 Å². The van der Waals surface area contributed by atoms with Crippen molar-refractivity contribution in [3.05, 3.63) is 23.0 Å². The highest BCUT2D eigenvalue weighted by atomic mass is 31.2. The molecule has 0 atom stereocenters. The molecule has 2 rings (SSSR count). The van der Waals surface area contributed by atoms with Crippen molar-refractivity contribution in [1.29, 1.82) is 0 Å². The number of aryl methyl sites for hydroxylation is 1. The molecular formula is C15H25N2O5P. The summed E-state index contributed by atoms with van der Waals surface area (Å²) in [5.41, 5.74) is 2.86. The number of nitrogens with zero attached hydrogens (tertiary/aromatic N) is 1. The van der Waals surface area contributed by atoms with Crippen LogP contribution in [0, 0.1) is 6.92 Å². The van der Waals surface area contributed by atoms with Gasteiger partial charge < -0.3 is 23.8 Å². The van der Waals surface area contributed by atoms with Crippen LogP contribution in [0.3, 0.4) is 0 Å². The first-order valence-corrected chi connectivity index (χ1v) is 9.24. The van der Waals surface area contributed by atoms with Gasteiger partial charge in [-0.1, -0.05) is 0 Å². The van der Waals surface area contributed by atoms with Crippen molar-refractivity contribution >= 4 is 7.60 Å². The molecule has 7 nitrogen and oxygen atoms in total. The van der Waals surface area contributed by atoms with Gasteiger partial charge >= 0.3 is 7.60 Å². The summed E-state index contributed by atoms with van der Waals surface area (Å²) in [4.78, 5) is 4.39. The molecule has 1 aliphatic heterocycles. The Morgan fingerprint density at radius 2 is 2.09 bits per heavy atom. The van der Waals surface area contributed by atoms with Crippen LogP contribution in [-0.2, 0) is 31.5 Å². The van der Waals surface area contributed by atoms with E-state index in [0.717, 1.165) is 22.6 Å². The zero-order valence-electron chi connectivity index (χ0n) is 14.3. The topological polar surface area (TPSA) is 78.9 Å². The lowest BCUT2D eigenvalue weighted by Gasteiger charge is -2.34. The van der Waals surface area contributed by atoms with E-state index in [2.05, 4.69) is 10.3 Å². The quantitative estimate of drug-likeness (QED) is 0.601. The number of nitrogens with one attached hydrogen (secondary N) is 1. The molecule has 130 valence electrons. The average Bonchev–Trinajstić information content (AvgIpc) is 2.53. The van der Waals surface area contributed by atoms with Crippen molar-refractivity contribution in [2.45, 2.75) is 39.7 Å². The Hall–Kier alpha value is -0.980. The van der Waals surface area contributed by atoms with Crippen LogP contribution in [-0.4, -0.2) is 37.7 Å². The zero-order chi connectivity index (χ0) is 17.1. The van der Waals surface area contributed by atoms with Crippen molar-refractivity contribution in [1.82, 2.24) is 10.3 Å². The molecule has 1 aliphatic rings. The number of hydrogen-bond donors (Lipinski definition) is 1. The first-order chi connectivity index (χ1) is 10.8. The maximum atomic E-state index is 12.0. The summed E-state index contributed by atoms with van der Waals surface area (Å²) in [6.07, 6.45) is 2.12. The SMILES string of the molecule is COP(=O)(CCNCc1cnc(C)c2c1COC(C)(C)O2)OC. The van der Waals surface area contributed by atoms with Crippen LogP contribution in [0.1, 0.15) is 30.7 Å². The highest BCUT2D eigenvalue weighted by Crippen LogP contribution is 2.45. The highest BCUT2D eigenvalue weighted by Gasteiger charge is 2.30. The molecule has 1 aromatic heterocycles. The standard InChI is InChI=1S/C15H25N2O5P/c1-11-14-13(10-21-15(2,3)22-14)12(9-17-11)8-16-6-7-23(18,19-4)20-5/h9,16H,6-8,10H2,1-5H3. The zero-order valence-corrected chi connectivity index (χ0v) is 15.2. The second-order valence-corrected chi connectivity index (χ2v) is 8.24. The van der Waals surface area contributed by atoms with E-state index in [-0.39, 0.29) is 0 Å². The van der Waals surface area contributed by atoms with Gasteiger partial charge in [-0.05, 0) is 12.5 Å². The Balaban J connectivity index is 2.01. The molecule has 0 saturated carbocycles. The molecule has 8 heteroatoms. The normalized spacial score (nSPS) is 16.7. The highest BCUT2D eigenvalue weighted by molar-refractivity contribution is 7.53. The number of aromatic nitrogens is 1. The molecule has 0 radical (unpaired) electrons. The molecule has 1 aromatic rings. The third-order valence-corrected chi connectivity index (χ3v) is 5.63. The van der Waals surface area contributed by atoms with Crippen LogP contribution in [0.4, 0.5) is 0 Å². The molecule has 0 bridgehead atoms. The fraction of sp³-hybridized carbons (Fsp3) is 0.667. The van der Waals surface area contributed by atoms with Crippen LogP contribution >= 0.6 is 7.60 Å². The number of rotatable bonds is 7. The van der Waals surface area contributed by atoms with Crippen LogP contribution in [0.2, 0.25) is 0 Å². The fourth-order valence-electron chi connectivity index (χ4n) is 2.34. The molecule has 0 spiro atoms. The number of pyridine rings is 1. The number of fused-ring (bicyclic) bond motifs is 1. The Morgan fingerprint density at radius 3 is 2.74 bits per heavy atom. The van der Waals surface area contributed by atoms with Gasteiger partial charge in [-0.15, -0.1) is 0 Å². The lowest BCUT2D eigenvalue weighted by molar-refractivity contribution is -0.180. The summed E-state index contributed by atoms with van der Waals surface area (Å²) in [5, 5.41) is 3.23. The van der Waals surface area contributed by atoms with Crippen molar-refractivity contribution in [3.63, 3.8) is 0 Å². The molecule has 0 fully saturated rings. The number of ether oxygens (including phenoxy) is 2. The lowest BCUT2D eigenvalue weighted by atomic mass is 10.1. The molecule has 0 aliphatic carbocycles. The molecule has 0 aromatic carbocycles. The van der Waals surface area contributed by atoms with E-state index in [4.69, 9.17) is 18.5 Å². The molecule has 23 heavy (non-hydrogen) atoms. The van der Waals surface area contributed by atoms with Crippen molar-refractivity contribution in [2.24, 2.45) is 0 Å². The maximum Gasteiger partial charge on any atom is 0.331 e. The second-order valence-electron chi connectivity index (χ2n) is 5.84. The van der Waals surface area contributed by atoms with Gasteiger partial charge in [-0.3, -0.25) is 9.55 Å². The summed E-state index contributed by atoms with van der Waals surface area (Å²) in [6.45, 7) is 7.26. The van der Waals surface area contributed by atoms with E-state index in [1.165, 1.54) is 14.2 Å². The van der Waals surface area contributed by atoms with Gasteiger partial charge in [0.2, 0.25) is 5.79 Å². The van der Waals surface area contributed by atoms with Gasteiger partial charge in [0.1, 0.15) is 5.75 Å². The smallest absolute Gasteiger partial charge is 0.331 e. The molecular weight excluding hydrogens is 319 g/mol. The van der Waals surface area contributed by atoms with Crippen LogP contribution in [0.15, 0.2) is 6.20 Å². The summed E-state index contributed by atoms with van der Waals surface area (Å²) < 4.78 is 33.4. The van der Waals surface area contributed by atoms with E-state index in [9.17, 15) is 4.57 Å². The molecule has 2 heterocycles. The monoisotopic (exact) mass is 344 g/mol. The van der Waals surface area contributed by atoms with Crippen molar-refractivity contribution < 1.29 is 23.1 Å². The minimum absolute atomic E-state index is 0.307. The Bertz CT molecular complexity index is 598. The minimum Gasteiger partial charge on any atom is -0.461 e. The van der Waals surface area contributed by atoms with E-state index < -0.39 is 13.4 Å². The van der Waals surface area contributed by atoms with E-state index in [1.54, 1.807) is 0 Å². The van der Waals surface area contributed by atoms with Gasteiger partial charge in [0.05, 0.1) is 18.5 Å². The van der Waals surface area contributed by atoms with E-state index in [0.29, 0.717) is 25.9 Å². The Morgan fingerprint density at radius 1 is 1.39 bits per heavy atom. The van der Waals surface area contributed by atoms with Crippen LogP contribution in [0.25, 0.3) is 0 Å². The van der Waals surface area contributed by atoms with E-state index in [1.807, 2.05) is 27.0 Å². The maximum absolute atomic E-state index is 12.0. The largest absolute Gasteiger partial charge is 0.461 e. The fourth-order valence-corrected chi connectivity index (χ4v) is 3.29. The Kier molecular flexibility index (Phi) is 5.81. The molecule has 0 saturated heterocycles. The van der Waals surface area contributed by atoms with Crippen molar-refractivity contribution in [3.8, 4) is 5.75 Å². The first-order valence-electron chi connectivity index (χ1n) is 7.52. The molecule has 0 unspecified atom stereocenters. The predicted molar refractivity (Wildman–Crippen MR) is 86.7 cm³/mol. The van der Waals surface area contributed by atoms with Gasteiger partial charge in [-0.2, -0.15) is 0 Å². The predicted octanol–water partition coefficient (Wildman–Crippen LogP) is 2.61. The first kappa shape index (κ1) is 18.4. The van der Waals surface area contributed by atoms with Crippen molar-refractivity contribution in [2.75, 3.05) is 26.9 Å². The summed E-state index contributed by atoms with van der Waals surface area (Å²) in [7, 11) is -0.198. The third kappa shape index (κ3) is 4.52. The van der Waals surface area contributed by atoms with Gasteiger partial charge in [-0.25, -0.2) is 0 Å². The van der Waals surface area contributed by atoms with Gasteiger partial charge in [0, 0.05) is 52.9 Å². The van der Waals surface area contributed by atoms with Crippen LogP contribution in [0.5, 0.6) is 5.75 Å². The van der Waals surface area contributed by atoms with E-state index >= 15 is 0 Å². The molecule has 1 N–H and O–H groups in total. The Labute approximate surface area is 137 Å². The summed E-state index contributed by atoms with van der Waals surface area (Å²) in [5.74, 6) is 0.148. The minimum atomic E-state index is -2.98. The third-order valence-electron chi connectivity index (χ3n) is 3.75. The second kappa shape index (κ2) is 7.28.